The molecule has 2 N–H and O–H groups in total. The Kier molecular flexibility index (Phi) is 5.63. The van der Waals surface area contributed by atoms with E-state index in [1.54, 1.807) is 36.1 Å². The molecule has 2 aromatic carbocycles. The van der Waals surface area contributed by atoms with Crippen molar-refractivity contribution in [3.8, 4) is 0 Å². The Morgan fingerprint density at radius 3 is 2.65 bits per heavy atom. The van der Waals surface area contributed by atoms with Crippen molar-refractivity contribution in [3.05, 3.63) is 65.4 Å². The van der Waals surface area contributed by atoms with Gasteiger partial charge in [-0.3, -0.25) is 9.59 Å². The van der Waals surface area contributed by atoms with Gasteiger partial charge in [-0.15, -0.1) is 0 Å². The van der Waals surface area contributed by atoms with E-state index in [2.05, 4.69) is 17.2 Å². The Bertz CT molecular complexity index is 1280. The number of aromatic nitrogens is 1. The van der Waals surface area contributed by atoms with E-state index in [-0.39, 0.29) is 17.8 Å². The molecule has 0 aliphatic carbocycles. The molecule has 3 heterocycles. The van der Waals surface area contributed by atoms with Crippen LogP contribution < -0.4 is 10.2 Å². The van der Waals surface area contributed by atoms with Gasteiger partial charge >= 0.3 is 6.03 Å². The quantitative estimate of drug-likeness (QED) is 0.397. The molecule has 0 saturated carbocycles. The van der Waals surface area contributed by atoms with Gasteiger partial charge in [0.05, 0.1) is 16.9 Å². The summed E-state index contributed by atoms with van der Waals surface area (Å²) in [5, 5.41) is 4.03. The van der Waals surface area contributed by atoms with E-state index in [9.17, 15) is 14.4 Å². The summed E-state index contributed by atoms with van der Waals surface area (Å²) in [6, 6.07) is 14.4. The van der Waals surface area contributed by atoms with E-state index in [1.165, 1.54) is 4.90 Å². The summed E-state index contributed by atoms with van der Waals surface area (Å²) in [4.78, 5) is 46.7. The third-order valence-corrected chi connectivity index (χ3v) is 7.17. The number of amides is 4. The van der Waals surface area contributed by atoms with Gasteiger partial charge in [-0.2, -0.15) is 0 Å². The second-order valence-electron chi connectivity index (χ2n) is 9.25. The number of fused-ring (bicyclic) bond motifs is 5. The molecule has 1 atom stereocenters. The van der Waals surface area contributed by atoms with Crippen LogP contribution in [0.1, 0.15) is 61.1 Å². The number of rotatable bonds is 7. The topological polar surface area (TPSA) is 85.5 Å². The highest BCUT2D eigenvalue weighted by Gasteiger charge is 2.59. The van der Waals surface area contributed by atoms with Crippen molar-refractivity contribution in [1.82, 2.24) is 15.2 Å². The number of aromatic amines is 1. The zero-order valence-corrected chi connectivity index (χ0v) is 19.7. The van der Waals surface area contributed by atoms with Crippen molar-refractivity contribution in [3.63, 3.8) is 0 Å². The largest absolute Gasteiger partial charge is 0.356 e. The summed E-state index contributed by atoms with van der Waals surface area (Å²) in [5.74, 6) is -0.609. The van der Waals surface area contributed by atoms with Crippen LogP contribution in [0.3, 0.4) is 0 Å². The molecule has 176 valence electrons. The van der Waals surface area contributed by atoms with Crippen LogP contribution in [0.25, 0.3) is 10.9 Å². The number of para-hydroxylation sites is 2. The molecular formula is C27H30N4O3. The number of nitrogens with one attached hydrogen (secondary N) is 2. The first-order valence-electron chi connectivity index (χ1n) is 12.1. The highest BCUT2D eigenvalue weighted by Crippen LogP contribution is 2.45. The lowest BCUT2D eigenvalue weighted by Crippen LogP contribution is -2.49. The van der Waals surface area contributed by atoms with Crippen LogP contribution in [0.4, 0.5) is 10.5 Å². The molecule has 3 aromatic rings. The minimum Gasteiger partial charge on any atom is -0.356 e. The van der Waals surface area contributed by atoms with Gasteiger partial charge in [0.25, 0.3) is 11.8 Å². The number of unbranched alkanes of at least 4 members (excludes halogenated alkanes) is 3. The molecule has 7 nitrogen and oxygen atoms in total. The summed E-state index contributed by atoms with van der Waals surface area (Å²) >= 11 is 0. The highest BCUT2D eigenvalue weighted by atomic mass is 16.2. The molecule has 1 aromatic heterocycles. The predicted molar refractivity (Wildman–Crippen MR) is 132 cm³/mol. The van der Waals surface area contributed by atoms with Crippen molar-refractivity contribution >= 4 is 34.4 Å². The number of imide groups is 1. The standard InChI is InChI=1S/C27H30N4O3/c1-3-4-5-10-16-28-24(32)20-12-7-9-14-22(20)31-25(33)27(2)23-19(15-17-30(27)26(31)34)18-11-6-8-13-21(18)29-23/h6-9,11-14,29H,3-5,10,15-17H2,1-2H3,(H,28,32). The SMILES string of the molecule is CCCCCCNC(=O)c1ccccc1N1C(=O)N2CCc3c([nH]c4ccccc34)C2(C)C1=O. The third-order valence-electron chi connectivity index (χ3n) is 7.17. The van der Waals surface area contributed by atoms with Crippen LogP contribution in [0.2, 0.25) is 0 Å². The Hall–Kier alpha value is -3.61. The number of carbonyl (C=O) groups excluding carboxylic acids is 3. The molecule has 2 aliphatic heterocycles. The average molecular weight is 459 g/mol. The number of nitrogens with zero attached hydrogens (tertiary/aromatic N) is 2. The number of hydrogen-bond donors (Lipinski definition) is 2. The summed E-state index contributed by atoms with van der Waals surface area (Å²) in [6.45, 7) is 4.96. The van der Waals surface area contributed by atoms with Crippen LogP contribution in [0.15, 0.2) is 48.5 Å². The van der Waals surface area contributed by atoms with Crippen molar-refractivity contribution in [2.24, 2.45) is 0 Å². The number of H-pyrrole nitrogens is 1. The summed E-state index contributed by atoms with van der Waals surface area (Å²) < 4.78 is 0. The van der Waals surface area contributed by atoms with Gasteiger partial charge in [0.15, 0.2) is 5.54 Å². The van der Waals surface area contributed by atoms with E-state index in [4.69, 9.17) is 0 Å². The molecule has 4 amide bonds. The van der Waals surface area contributed by atoms with Gasteiger partial charge in [-0.25, -0.2) is 9.69 Å². The van der Waals surface area contributed by atoms with Gasteiger partial charge in [0, 0.05) is 24.0 Å². The van der Waals surface area contributed by atoms with E-state index >= 15 is 0 Å². The number of anilines is 1. The van der Waals surface area contributed by atoms with Crippen LogP contribution in [0, 0.1) is 0 Å². The molecule has 1 saturated heterocycles. The zero-order chi connectivity index (χ0) is 23.9. The maximum absolute atomic E-state index is 13.9. The van der Waals surface area contributed by atoms with Crippen LogP contribution in [0.5, 0.6) is 0 Å². The number of urea groups is 1. The molecule has 5 rings (SSSR count). The molecule has 34 heavy (non-hydrogen) atoms. The Labute approximate surface area is 199 Å². The normalized spacial score (nSPS) is 19.5. The van der Waals surface area contributed by atoms with Gasteiger partial charge in [-0.05, 0) is 43.5 Å². The van der Waals surface area contributed by atoms with E-state index in [0.29, 0.717) is 30.8 Å². The fourth-order valence-corrected chi connectivity index (χ4v) is 5.31. The van der Waals surface area contributed by atoms with Crippen LogP contribution in [-0.4, -0.2) is 40.8 Å². The highest BCUT2D eigenvalue weighted by molar-refractivity contribution is 6.25. The maximum atomic E-state index is 13.9. The number of benzene rings is 2. The Morgan fingerprint density at radius 1 is 1.06 bits per heavy atom. The Morgan fingerprint density at radius 2 is 1.82 bits per heavy atom. The van der Waals surface area contributed by atoms with Crippen LogP contribution in [-0.2, 0) is 16.8 Å². The fourth-order valence-electron chi connectivity index (χ4n) is 5.31. The number of carbonyl (C=O) groups is 3. The maximum Gasteiger partial charge on any atom is 0.332 e. The van der Waals surface area contributed by atoms with Crippen molar-refractivity contribution < 1.29 is 14.4 Å². The predicted octanol–water partition coefficient (Wildman–Crippen LogP) is 4.72. The van der Waals surface area contributed by atoms with E-state index in [1.807, 2.05) is 24.3 Å². The van der Waals surface area contributed by atoms with Gasteiger partial charge < -0.3 is 15.2 Å². The lowest BCUT2D eigenvalue weighted by Gasteiger charge is -2.35. The smallest absolute Gasteiger partial charge is 0.332 e. The minimum atomic E-state index is -1.15. The van der Waals surface area contributed by atoms with Crippen molar-refractivity contribution in [2.75, 3.05) is 18.0 Å². The van der Waals surface area contributed by atoms with Crippen LogP contribution >= 0.6 is 0 Å². The average Bonchev–Trinajstić information content (AvgIpc) is 3.32. The third kappa shape index (κ3) is 3.30. The van der Waals surface area contributed by atoms with Gasteiger partial charge in [0.2, 0.25) is 0 Å². The first kappa shape index (κ1) is 22.2. The second kappa shape index (κ2) is 8.63. The lowest BCUT2D eigenvalue weighted by molar-refractivity contribution is -0.125. The molecule has 7 heteroatoms. The summed E-state index contributed by atoms with van der Waals surface area (Å²) in [7, 11) is 0. The summed E-state index contributed by atoms with van der Waals surface area (Å²) in [5.41, 5.74) is 2.32. The first-order valence-corrected chi connectivity index (χ1v) is 12.1. The number of hydrogen-bond acceptors (Lipinski definition) is 3. The fraction of sp³-hybridized carbons (Fsp3) is 0.370. The summed E-state index contributed by atoms with van der Waals surface area (Å²) in [6.07, 6.45) is 4.89. The van der Waals surface area contributed by atoms with E-state index < -0.39 is 5.54 Å². The molecule has 1 fully saturated rings. The molecular weight excluding hydrogens is 428 g/mol. The molecule has 0 radical (unpaired) electrons. The molecule has 0 bridgehead atoms. The van der Waals surface area contributed by atoms with E-state index in [0.717, 1.165) is 47.8 Å². The first-order chi connectivity index (χ1) is 16.5. The molecule has 1 unspecified atom stereocenters. The van der Waals surface area contributed by atoms with Gasteiger partial charge in [0.1, 0.15) is 0 Å². The minimum absolute atomic E-state index is 0.269. The molecule has 2 aliphatic rings. The monoisotopic (exact) mass is 458 g/mol. The van der Waals surface area contributed by atoms with Crippen molar-refractivity contribution in [2.45, 2.75) is 51.5 Å². The Balaban J connectivity index is 1.49. The second-order valence-corrected chi connectivity index (χ2v) is 9.25. The van der Waals surface area contributed by atoms with Crippen molar-refractivity contribution in [1.29, 1.82) is 0 Å². The molecule has 0 spiro atoms. The van der Waals surface area contributed by atoms with Gasteiger partial charge in [-0.1, -0.05) is 56.5 Å². The lowest BCUT2D eigenvalue weighted by atomic mass is 9.87. The zero-order valence-electron chi connectivity index (χ0n) is 19.7.